The largest absolute Gasteiger partial charge is 0.456 e. The van der Waals surface area contributed by atoms with Gasteiger partial charge >= 0.3 is 0 Å². The van der Waals surface area contributed by atoms with E-state index in [1.54, 1.807) is 0 Å². The molecule has 0 atom stereocenters. The SMILES string of the molecule is CC1(C)CC2=CCC3=C(C=C2c2ccc(N(c4ccc(-c5ccccc5)cc4)c4ccc5c(c4)oc4ccccc45)cc21)C(C)(C)c1cccc(-c2ccccc2)c13. The van der Waals surface area contributed by atoms with Crippen LogP contribution in [0.25, 0.3) is 55.3 Å². The van der Waals surface area contributed by atoms with Crippen molar-refractivity contribution in [3.8, 4) is 22.3 Å². The highest BCUT2D eigenvalue weighted by Gasteiger charge is 2.41. The molecule has 0 saturated carbocycles. The molecule has 0 bridgehead atoms. The summed E-state index contributed by atoms with van der Waals surface area (Å²) in [6.07, 6.45) is 7.03. The van der Waals surface area contributed by atoms with Gasteiger partial charge in [-0.25, -0.2) is 0 Å². The van der Waals surface area contributed by atoms with E-state index in [1.807, 2.05) is 6.07 Å². The standard InChI is InChI=1S/C56H45NO/c1-55(2)35-39-24-29-47-51(56(3,4)49-20-13-19-43(54(47)49)38-16-9-6-10-17-38)34-48(39)44-30-27-41(32-50(44)55)57(40-25-22-37(23-26-40)36-14-7-5-8-15-36)42-28-31-46-45-18-11-12-21-52(45)58-53(46)33-42/h5-28,30-34H,29,35H2,1-4H3. The topological polar surface area (TPSA) is 16.4 Å². The summed E-state index contributed by atoms with van der Waals surface area (Å²) in [7, 11) is 0. The molecule has 11 rings (SSSR count). The average molecular weight is 748 g/mol. The third-order valence-electron chi connectivity index (χ3n) is 13.1. The fraction of sp³-hybridized carbons (Fsp3) is 0.143. The lowest BCUT2D eigenvalue weighted by atomic mass is 9.67. The number of para-hydroxylation sites is 1. The van der Waals surface area contributed by atoms with Crippen molar-refractivity contribution >= 4 is 50.1 Å². The van der Waals surface area contributed by atoms with Gasteiger partial charge in [-0.05, 0) is 134 Å². The molecule has 0 aliphatic heterocycles. The number of hydrogen-bond acceptors (Lipinski definition) is 2. The molecular weight excluding hydrogens is 703 g/mol. The molecular formula is C56H45NO. The second-order valence-corrected chi connectivity index (χ2v) is 17.4. The van der Waals surface area contributed by atoms with Gasteiger partial charge in [0.05, 0.1) is 0 Å². The first-order valence-electron chi connectivity index (χ1n) is 20.6. The van der Waals surface area contributed by atoms with Gasteiger partial charge in [-0.2, -0.15) is 0 Å². The molecule has 2 heteroatoms. The van der Waals surface area contributed by atoms with E-state index in [2.05, 4.69) is 202 Å². The smallest absolute Gasteiger partial charge is 0.137 e. The minimum Gasteiger partial charge on any atom is -0.456 e. The molecule has 0 unspecified atom stereocenters. The number of nitrogens with zero attached hydrogens (tertiary/aromatic N) is 1. The second kappa shape index (κ2) is 12.9. The normalized spacial score (nSPS) is 16.2. The molecule has 0 radical (unpaired) electrons. The summed E-state index contributed by atoms with van der Waals surface area (Å²) in [5.41, 5.74) is 21.3. The molecule has 7 aromatic carbocycles. The monoisotopic (exact) mass is 747 g/mol. The molecule has 0 fully saturated rings. The van der Waals surface area contributed by atoms with Gasteiger partial charge in [-0.1, -0.05) is 149 Å². The Balaban J connectivity index is 1.06. The van der Waals surface area contributed by atoms with E-state index in [-0.39, 0.29) is 10.8 Å². The van der Waals surface area contributed by atoms with Gasteiger partial charge in [-0.15, -0.1) is 0 Å². The summed E-state index contributed by atoms with van der Waals surface area (Å²) < 4.78 is 6.45. The Morgan fingerprint density at radius 1 is 0.517 bits per heavy atom. The van der Waals surface area contributed by atoms with Crippen LogP contribution >= 0.6 is 0 Å². The van der Waals surface area contributed by atoms with Crippen molar-refractivity contribution in [2.75, 3.05) is 4.90 Å². The lowest BCUT2D eigenvalue weighted by Gasteiger charge is -2.38. The Labute approximate surface area is 341 Å². The molecule has 8 aromatic rings. The van der Waals surface area contributed by atoms with E-state index < -0.39 is 0 Å². The zero-order chi connectivity index (χ0) is 39.2. The third kappa shape index (κ3) is 5.39. The zero-order valence-electron chi connectivity index (χ0n) is 33.5. The fourth-order valence-corrected chi connectivity index (χ4v) is 10.2. The van der Waals surface area contributed by atoms with Gasteiger partial charge in [0.1, 0.15) is 11.2 Å². The molecule has 58 heavy (non-hydrogen) atoms. The van der Waals surface area contributed by atoms with Crippen molar-refractivity contribution in [2.24, 2.45) is 0 Å². The van der Waals surface area contributed by atoms with E-state index in [4.69, 9.17) is 4.42 Å². The van der Waals surface area contributed by atoms with Crippen LogP contribution in [-0.4, -0.2) is 0 Å². The Hall–Kier alpha value is -6.64. The van der Waals surface area contributed by atoms with Crippen molar-refractivity contribution in [1.29, 1.82) is 0 Å². The fourth-order valence-electron chi connectivity index (χ4n) is 10.2. The molecule has 3 aliphatic rings. The minimum absolute atomic E-state index is 0.0720. The number of rotatable bonds is 5. The van der Waals surface area contributed by atoms with Crippen molar-refractivity contribution < 1.29 is 4.42 Å². The number of anilines is 3. The van der Waals surface area contributed by atoms with Crippen molar-refractivity contribution in [3.05, 3.63) is 209 Å². The van der Waals surface area contributed by atoms with Crippen molar-refractivity contribution in [1.82, 2.24) is 0 Å². The van der Waals surface area contributed by atoms with E-state index >= 15 is 0 Å². The van der Waals surface area contributed by atoms with Gasteiger partial charge in [-0.3, -0.25) is 0 Å². The minimum atomic E-state index is -0.114. The van der Waals surface area contributed by atoms with Gasteiger partial charge in [0, 0.05) is 39.3 Å². The van der Waals surface area contributed by atoms with Gasteiger partial charge in [0.2, 0.25) is 0 Å². The highest BCUT2D eigenvalue weighted by Crippen LogP contribution is 2.56. The summed E-state index contributed by atoms with van der Waals surface area (Å²) >= 11 is 0. The second-order valence-electron chi connectivity index (χ2n) is 17.4. The van der Waals surface area contributed by atoms with Gasteiger partial charge in [0.15, 0.2) is 0 Å². The third-order valence-corrected chi connectivity index (χ3v) is 13.1. The molecule has 2 nitrogen and oxygen atoms in total. The van der Waals surface area contributed by atoms with Gasteiger partial charge in [0.25, 0.3) is 0 Å². The summed E-state index contributed by atoms with van der Waals surface area (Å²) in [4.78, 5) is 2.40. The molecule has 280 valence electrons. The Kier molecular flexibility index (Phi) is 7.72. The highest BCUT2D eigenvalue weighted by molar-refractivity contribution is 6.06. The zero-order valence-corrected chi connectivity index (χ0v) is 33.5. The first kappa shape index (κ1) is 34.6. The van der Waals surface area contributed by atoms with Crippen molar-refractivity contribution in [2.45, 2.75) is 51.4 Å². The van der Waals surface area contributed by atoms with E-state index in [9.17, 15) is 0 Å². The average Bonchev–Trinajstić information content (AvgIpc) is 3.64. The Morgan fingerprint density at radius 3 is 1.97 bits per heavy atom. The molecule has 1 aromatic heterocycles. The maximum absolute atomic E-state index is 6.45. The first-order valence-corrected chi connectivity index (χ1v) is 20.6. The summed E-state index contributed by atoms with van der Waals surface area (Å²) in [5, 5.41) is 2.27. The number of hydrogen-bond donors (Lipinski definition) is 0. The maximum Gasteiger partial charge on any atom is 0.137 e. The molecule has 0 spiro atoms. The van der Waals surface area contributed by atoms with Gasteiger partial charge < -0.3 is 9.32 Å². The quantitative estimate of drug-likeness (QED) is 0.174. The van der Waals surface area contributed by atoms with E-state index in [0.717, 1.165) is 51.8 Å². The van der Waals surface area contributed by atoms with Crippen LogP contribution in [-0.2, 0) is 10.8 Å². The number of furan rings is 1. The summed E-state index contributed by atoms with van der Waals surface area (Å²) in [6, 6.07) is 59.6. The summed E-state index contributed by atoms with van der Waals surface area (Å²) in [6.45, 7) is 9.68. The molecule has 0 saturated heterocycles. The van der Waals surface area contributed by atoms with Crippen LogP contribution in [0.5, 0.6) is 0 Å². The van der Waals surface area contributed by atoms with Crippen LogP contribution in [0.4, 0.5) is 17.1 Å². The van der Waals surface area contributed by atoms with Crippen molar-refractivity contribution in [3.63, 3.8) is 0 Å². The number of benzene rings is 7. The van der Waals surface area contributed by atoms with Crippen LogP contribution in [0, 0.1) is 0 Å². The van der Waals surface area contributed by atoms with Crippen LogP contribution in [0.1, 0.15) is 62.8 Å². The van der Waals surface area contributed by atoms with Crippen LogP contribution < -0.4 is 4.90 Å². The maximum atomic E-state index is 6.45. The molecule has 0 amide bonds. The van der Waals surface area contributed by atoms with Crippen LogP contribution in [0.15, 0.2) is 192 Å². The summed E-state index contributed by atoms with van der Waals surface area (Å²) in [5.74, 6) is 0. The van der Waals surface area contributed by atoms with Crippen LogP contribution in [0.2, 0.25) is 0 Å². The van der Waals surface area contributed by atoms with E-state index in [1.165, 1.54) is 66.8 Å². The molecule has 3 aliphatic carbocycles. The lowest BCUT2D eigenvalue weighted by molar-refractivity contribution is 0.515. The predicted octanol–water partition coefficient (Wildman–Crippen LogP) is 15.5. The predicted molar refractivity (Wildman–Crippen MR) is 244 cm³/mol. The Morgan fingerprint density at radius 2 is 1.17 bits per heavy atom. The first-order chi connectivity index (χ1) is 28.2. The molecule has 0 N–H and O–H groups in total. The lowest BCUT2D eigenvalue weighted by Crippen LogP contribution is -2.26. The van der Waals surface area contributed by atoms with E-state index in [0.29, 0.717) is 0 Å². The number of allylic oxidation sites excluding steroid dienone is 6. The Bertz CT molecular complexity index is 3030. The van der Waals surface area contributed by atoms with Crippen LogP contribution in [0.3, 0.4) is 0 Å². The number of fused-ring (bicyclic) bond motifs is 8. The highest BCUT2D eigenvalue weighted by atomic mass is 16.3. The molecule has 1 heterocycles.